The van der Waals surface area contributed by atoms with Crippen molar-refractivity contribution in [1.82, 2.24) is 0 Å². The molecule has 3 atom stereocenters. The number of hydrogen-bond donors (Lipinski definition) is 2. The fourth-order valence-electron chi connectivity index (χ4n) is 7.14. The third-order valence-corrected chi connectivity index (χ3v) is 12.2. The standard InChI is InChI=1S/C58H99O11P/c1-4-7-10-13-16-19-22-25-26-27-28-31-32-35-38-41-44-47-56(60)65-51-55(69-58(62)49-46-43-40-37-34-30-24-21-18-15-12-9-6-3)53-67-70(63,64)66-52-54(50-59)68-57(61)48-45-42-39-36-33-29-23-20-17-14-11-8-5-2/h7,9-10,12,16,18-21,23,25-26,30,34,54-55,59H,4-6,8,11,13-15,17,22,24,27-29,31-33,35-53H2,1-3H3,(H,63,64)/b10-7-,12-9-,19-16-,21-18-,23-20-,26-25-,34-30-. The molecule has 0 spiro atoms. The lowest BCUT2D eigenvalue weighted by atomic mass is 10.1. The van der Waals surface area contributed by atoms with Gasteiger partial charge in [0.05, 0.1) is 19.8 Å². The molecule has 0 fully saturated rings. The zero-order valence-electron chi connectivity index (χ0n) is 44.2. The average molecular weight is 1000 g/mol. The van der Waals surface area contributed by atoms with Gasteiger partial charge >= 0.3 is 25.7 Å². The summed E-state index contributed by atoms with van der Waals surface area (Å²) in [5, 5.41) is 9.79. The zero-order chi connectivity index (χ0) is 51.3. The van der Waals surface area contributed by atoms with Crippen LogP contribution >= 0.6 is 7.82 Å². The lowest BCUT2D eigenvalue weighted by Gasteiger charge is -2.21. The summed E-state index contributed by atoms with van der Waals surface area (Å²) in [6.07, 6.45) is 58.3. The van der Waals surface area contributed by atoms with Crippen LogP contribution in [0.5, 0.6) is 0 Å². The number of carbonyl (C=O) groups is 3. The molecule has 0 aromatic rings. The summed E-state index contributed by atoms with van der Waals surface area (Å²) < 4.78 is 39.4. The third-order valence-electron chi connectivity index (χ3n) is 11.3. The molecule has 402 valence electrons. The number of esters is 3. The van der Waals surface area contributed by atoms with Crippen molar-refractivity contribution in [1.29, 1.82) is 0 Å². The average Bonchev–Trinajstić information content (AvgIpc) is 3.35. The predicted molar refractivity (Wildman–Crippen MR) is 288 cm³/mol. The number of carbonyl (C=O) groups excluding carboxylic acids is 3. The Bertz CT molecular complexity index is 1500. The fourth-order valence-corrected chi connectivity index (χ4v) is 7.93. The van der Waals surface area contributed by atoms with Gasteiger partial charge in [0, 0.05) is 19.3 Å². The summed E-state index contributed by atoms with van der Waals surface area (Å²) in [4.78, 5) is 48.4. The molecule has 3 unspecified atom stereocenters. The molecule has 0 saturated carbocycles. The maximum atomic E-state index is 12.9. The van der Waals surface area contributed by atoms with Crippen molar-refractivity contribution in [2.45, 2.75) is 238 Å². The van der Waals surface area contributed by atoms with E-state index >= 15 is 0 Å². The topological polar surface area (TPSA) is 155 Å². The Kier molecular flexibility index (Phi) is 49.5. The van der Waals surface area contributed by atoms with E-state index < -0.39 is 57.8 Å². The summed E-state index contributed by atoms with van der Waals surface area (Å²) >= 11 is 0. The van der Waals surface area contributed by atoms with Gasteiger partial charge in [-0.15, -0.1) is 0 Å². The monoisotopic (exact) mass is 1000 g/mol. The van der Waals surface area contributed by atoms with E-state index in [9.17, 15) is 28.9 Å². The smallest absolute Gasteiger partial charge is 0.462 e. The Morgan fingerprint density at radius 2 is 0.743 bits per heavy atom. The van der Waals surface area contributed by atoms with Crippen molar-refractivity contribution in [3.8, 4) is 0 Å². The number of unbranched alkanes of at least 4 members (excludes halogenated alkanes) is 19. The van der Waals surface area contributed by atoms with E-state index in [0.29, 0.717) is 19.3 Å². The first-order valence-electron chi connectivity index (χ1n) is 27.5. The van der Waals surface area contributed by atoms with Crippen LogP contribution in [0.4, 0.5) is 0 Å². The highest BCUT2D eigenvalue weighted by atomic mass is 31.2. The quantitative estimate of drug-likeness (QED) is 0.0197. The Labute approximate surface area is 426 Å². The van der Waals surface area contributed by atoms with E-state index in [4.69, 9.17) is 23.3 Å². The summed E-state index contributed by atoms with van der Waals surface area (Å²) in [7, 11) is -4.76. The number of hydrogen-bond acceptors (Lipinski definition) is 10. The van der Waals surface area contributed by atoms with Crippen molar-refractivity contribution < 1.29 is 52.2 Å². The van der Waals surface area contributed by atoms with Crippen molar-refractivity contribution in [2.24, 2.45) is 0 Å². The zero-order valence-corrected chi connectivity index (χ0v) is 45.1. The molecule has 12 heteroatoms. The first-order chi connectivity index (χ1) is 34.2. The number of aliphatic hydroxyl groups is 1. The molecule has 0 heterocycles. The number of allylic oxidation sites excluding steroid dienone is 14. The molecule has 2 N–H and O–H groups in total. The molecule has 0 aliphatic heterocycles. The number of ether oxygens (including phenoxy) is 3. The van der Waals surface area contributed by atoms with Crippen LogP contribution in [-0.2, 0) is 42.2 Å². The summed E-state index contributed by atoms with van der Waals surface area (Å²) in [6.45, 7) is 4.34. The minimum atomic E-state index is -4.76. The van der Waals surface area contributed by atoms with E-state index in [1.54, 1.807) is 0 Å². The second-order valence-electron chi connectivity index (χ2n) is 18.0. The van der Waals surface area contributed by atoms with Crippen LogP contribution in [0.2, 0.25) is 0 Å². The van der Waals surface area contributed by atoms with Crippen LogP contribution in [-0.4, -0.2) is 66.5 Å². The van der Waals surface area contributed by atoms with Crippen LogP contribution in [0.1, 0.15) is 226 Å². The maximum absolute atomic E-state index is 12.9. The first kappa shape index (κ1) is 66.7. The molecule has 0 saturated heterocycles. The third kappa shape index (κ3) is 49.6. The lowest BCUT2D eigenvalue weighted by molar-refractivity contribution is -0.161. The maximum Gasteiger partial charge on any atom is 0.472 e. The normalized spacial score (nSPS) is 14.1. The highest BCUT2D eigenvalue weighted by molar-refractivity contribution is 7.47. The molecule has 0 bridgehead atoms. The van der Waals surface area contributed by atoms with Crippen molar-refractivity contribution in [2.75, 3.05) is 26.4 Å². The second-order valence-corrected chi connectivity index (χ2v) is 19.4. The first-order valence-corrected chi connectivity index (χ1v) is 29.0. The minimum Gasteiger partial charge on any atom is -0.462 e. The Morgan fingerprint density at radius 1 is 0.414 bits per heavy atom. The fraction of sp³-hybridized carbons (Fsp3) is 0.707. The van der Waals surface area contributed by atoms with Gasteiger partial charge in [-0.3, -0.25) is 23.4 Å². The summed E-state index contributed by atoms with van der Waals surface area (Å²) in [6, 6.07) is 0. The predicted octanol–water partition coefficient (Wildman–Crippen LogP) is 15.9. The number of aliphatic hydroxyl groups excluding tert-OH is 1. The molecular weight excluding hydrogens is 904 g/mol. The van der Waals surface area contributed by atoms with Gasteiger partial charge in [-0.2, -0.15) is 0 Å². The van der Waals surface area contributed by atoms with E-state index in [2.05, 4.69) is 106 Å². The van der Waals surface area contributed by atoms with Crippen LogP contribution in [0.25, 0.3) is 0 Å². The van der Waals surface area contributed by atoms with Gasteiger partial charge in [-0.25, -0.2) is 4.57 Å². The van der Waals surface area contributed by atoms with E-state index in [-0.39, 0.29) is 25.9 Å². The van der Waals surface area contributed by atoms with Crippen LogP contribution in [0.3, 0.4) is 0 Å². The molecule has 0 radical (unpaired) electrons. The van der Waals surface area contributed by atoms with Gasteiger partial charge in [0.25, 0.3) is 0 Å². The number of rotatable bonds is 50. The van der Waals surface area contributed by atoms with Crippen molar-refractivity contribution in [3.63, 3.8) is 0 Å². The Morgan fingerprint density at radius 3 is 1.17 bits per heavy atom. The molecule has 0 aliphatic carbocycles. The summed E-state index contributed by atoms with van der Waals surface area (Å²) in [5.74, 6) is -1.52. The highest BCUT2D eigenvalue weighted by Crippen LogP contribution is 2.43. The molecule has 0 aromatic carbocycles. The molecule has 0 amide bonds. The number of phosphoric ester groups is 1. The van der Waals surface area contributed by atoms with Gasteiger partial charge in [0.15, 0.2) is 6.10 Å². The molecule has 70 heavy (non-hydrogen) atoms. The van der Waals surface area contributed by atoms with E-state index in [1.807, 2.05) is 0 Å². The van der Waals surface area contributed by atoms with Gasteiger partial charge in [-0.1, -0.05) is 183 Å². The van der Waals surface area contributed by atoms with E-state index in [0.717, 1.165) is 128 Å². The van der Waals surface area contributed by atoms with Crippen LogP contribution in [0.15, 0.2) is 85.1 Å². The van der Waals surface area contributed by atoms with E-state index in [1.165, 1.54) is 38.5 Å². The van der Waals surface area contributed by atoms with Gasteiger partial charge < -0.3 is 24.2 Å². The van der Waals surface area contributed by atoms with Gasteiger partial charge in [0.2, 0.25) is 0 Å². The Hall–Kier alpha value is -3.34. The molecule has 0 aliphatic rings. The minimum absolute atomic E-state index is 0.127. The number of phosphoric acid groups is 1. The highest BCUT2D eigenvalue weighted by Gasteiger charge is 2.28. The largest absolute Gasteiger partial charge is 0.472 e. The molecular formula is C58H99O11P. The summed E-state index contributed by atoms with van der Waals surface area (Å²) in [5.41, 5.74) is 0. The van der Waals surface area contributed by atoms with Crippen LogP contribution < -0.4 is 0 Å². The second kappa shape index (κ2) is 52.0. The SMILES string of the molecule is CC/C=C\C/C=C\C/C=C\CCCCCCCCCC(=O)OCC(COP(=O)(O)OCC(CO)OC(=O)CCCCCCC/C=C\CCCCCC)OC(=O)CCCCC/C=C\C/C=C\C/C=C\CC. The molecule has 0 rings (SSSR count). The Balaban J connectivity index is 4.77. The molecule has 0 aromatic heterocycles. The van der Waals surface area contributed by atoms with Crippen molar-refractivity contribution >= 4 is 25.7 Å². The van der Waals surface area contributed by atoms with Gasteiger partial charge in [-0.05, 0) is 109 Å². The molecule has 11 nitrogen and oxygen atoms in total. The lowest BCUT2D eigenvalue weighted by Crippen LogP contribution is -2.30. The van der Waals surface area contributed by atoms with Crippen LogP contribution in [0, 0.1) is 0 Å². The van der Waals surface area contributed by atoms with Crippen molar-refractivity contribution in [3.05, 3.63) is 85.1 Å². The van der Waals surface area contributed by atoms with Gasteiger partial charge in [0.1, 0.15) is 12.7 Å².